The van der Waals surface area contributed by atoms with Crippen LogP contribution in [0.5, 0.6) is 11.5 Å². The van der Waals surface area contributed by atoms with Gasteiger partial charge in [0.15, 0.2) is 0 Å². The zero-order valence-electron chi connectivity index (χ0n) is 9.54. The molecule has 0 aliphatic heterocycles. The highest BCUT2D eigenvalue weighted by atomic mass is 16.5. The second-order valence-electron chi connectivity index (χ2n) is 3.78. The van der Waals surface area contributed by atoms with Crippen molar-refractivity contribution in [2.45, 2.75) is 13.8 Å². The zero-order valence-corrected chi connectivity index (χ0v) is 9.54. The van der Waals surface area contributed by atoms with E-state index >= 15 is 0 Å². The molecular weight excluding hydrogens is 188 g/mol. The Morgan fingerprint density at radius 1 is 1.27 bits per heavy atom. The summed E-state index contributed by atoms with van der Waals surface area (Å²) in [6.07, 6.45) is 2.82. The van der Waals surface area contributed by atoms with E-state index in [4.69, 9.17) is 9.47 Å². The summed E-state index contributed by atoms with van der Waals surface area (Å²) in [6, 6.07) is 5.64. The molecule has 1 rings (SSSR count). The van der Waals surface area contributed by atoms with E-state index in [9.17, 15) is 0 Å². The minimum atomic E-state index is 0.507. The number of hydrogen-bond donors (Lipinski definition) is 0. The third kappa shape index (κ3) is 3.66. The number of methoxy groups -OCH3 is 1. The Bertz CT molecular complexity index is 329. The molecule has 0 saturated heterocycles. The maximum Gasteiger partial charge on any atom is 0.123 e. The predicted octanol–water partition coefficient (Wildman–Crippen LogP) is 3.07. The minimum Gasteiger partial charge on any atom is -0.497 e. The molecule has 1 aromatic rings. The van der Waals surface area contributed by atoms with Crippen LogP contribution in [0.4, 0.5) is 0 Å². The maximum atomic E-state index is 5.60. The van der Waals surface area contributed by atoms with E-state index in [1.165, 1.54) is 0 Å². The summed E-state index contributed by atoms with van der Waals surface area (Å²) in [5.74, 6) is 2.07. The molecule has 0 spiro atoms. The fraction of sp³-hybridized carbons (Fsp3) is 0.385. The van der Waals surface area contributed by atoms with E-state index in [0.717, 1.165) is 17.1 Å². The van der Waals surface area contributed by atoms with Gasteiger partial charge in [-0.05, 0) is 29.7 Å². The van der Waals surface area contributed by atoms with E-state index in [1.54, 1.807) is 7.11 Å². The van der Waals surface area contributed by atoms with Crippen molar-refractivity contribution in [1.29, 1.82) is 0 Å². The van der Waals surface area contributed by atoms with E-state index in [-0.39, 0.29) is 0 Å². The molecule has 1 aromatic carbocycles. The molecule has 0 unspecified atom stereocenters. The largest absolute Gasteiger partial charge is 0.497 e. The molecule has 15 heavy (non-hydrogen) atoms. The lowest BCUT2D eigenvalue weighted by atomic mass is 10.2. The molecule has 0 heterocycles. The van der Waals surface area contributed by atoms with Gasteiger partial charge in [-0.25, -0.2) is 0 Å². The van der Waals surface area contributed by atoms with Crippen molar-refractivity contribution in [2.75, 3.05) is 13.7 Å². The average Bonchev–Trinajstić information content (AvgIpc) is 2.25. The highest BCUT2D eigenvalue weighted by Crippen LogP contribution is 2.23. The van der Waals surface area contributed by atoms with Gasteiger partial charge in [-0.1, -0.05) is 20.4 Å². The molecule has 0 bridgehead atoms. The summed E-state index contributed by atoms with van der Waals surface area (Å²) >= 11 is 0. The van der Waals surface area contributed by atoms with Crippen LogP contribution in [0.2, 0.25) is 0 Å². The van der Waals surface area contributed by atoms with Crippen LogP contribution in [-0.2, 0) is 0 Å². The molecule has 2 nitrogen and oxygen atoms in total. The minimum absolute atomic E-state index is 0.507. The Hall–Kier alpha value is -1.44. The van der Waals surface area contributed by atoms with Crippen LogP contribution in [0.3, 0.4) is 0 Å². The molecule has 1 radical (unpaired) electrons. The van der Waals surface area contributed by atoms with Gasteiger partial charge in [0, 0.05) is 6.07 Å². The summed E-state index contributed by atoms with van der Waals surface area (Å²) < 4.78 is 10.8. The molecular formula is C13H17O2. The summed E-state index contributed by atoms with van der Waals surface area (Å²) in [6.45, 7) is 8.53. The standard InChI is InChI=1S/C13H17O2/c1-5-11-6-12(14-4)8-13(7-11)15-9-10(2)3/h6-8,10H,1,9H2,2-4H3. The van der Waals surface area contributed by atoms with Gasteiger partial charge in [0.05, 0.1) is 13.7 Å². The first-order valence-corrected chi connectivity index (χ1v) is 5.00. The van der Waals surface area contributed by atoms with Gasteiger partial charge in [-0.15, -0.1) is 0 Å². The smallest absolute Gasteiger partial charge is 0.123 e. The lowest BCUT2D eigenvalue weighted by molar-refractivity contribution is 0.269. The van der Waals surface area contributed by atoms with Gasteiger partial charge < -0.3 is 9.47 Å². The third-order valence-electron chi connectivity index (χ3n) is 1.90. The van der Waals surface area contributed by atoms with Gasteiger partial charge in [-0.2, -0.15) is 0 Å². The number of rotatable bonds is 5. The van der Waals surface area contributed by atoms with Gasteiger partial charge in [0.1, 0.15) is 11.5 Å². The van der Waals surface area contributed by atoms with Crippen LogP contribution in [0.15, 0.2) is 24.8 Å². The number of hydrogen-bond acceptors (Lipinski definition) is 2. The van der Waals surface area contributed by atoms with Gasteiger partial charge in [0.2, 0.25) is 0 Å². The van der Waals surface area contributed by atoms with E-state index in [1.807, 2.05) is 18.2 Å². The third-order valence-corrected chi connectivity index (χ3v) is 1.90. The maximum absolute atomic E-state index is 5.60. The zero-order chi connectivity index (χ0) is 11.3. The number of ether oxygens (including phenoxy) is 2. The van der Waals surface area contributed by atoms with E-state index in [0.29, 0.717) is 12.5 Å². The number of benzene rings is 1. The molecule has 81 valence electrons. The Morgan fingerprint density at radius 3 is 2.47 bits per heavy atom. The molecule has 0 aliphatic carbocycles. The lowest BCUT2D eigenvalue weighted by Crippen LogP contribution is -2.04. The fourth-order valence-electron chi connectivity index (χ4n) is 1.14. The molecule has 0 fully saturated rings. The van der Waals surface area contributed by atoms with Crippen LogP contribution in [0, 0.1) is 12.0 Å². The van der Waals surface area contributed by atoms with Gasteiger partial charge >= 0.3 is 0 Å². The second-order valence-corrected chi connectivity index (χ2v) is 3.78. The van der Waals surface area contributed by atoms with Crippen molar-refractivity contribution in [2.24, 2.45) is 5.92 Å². The summed E-state index contributed by atoms with van der Waals surface area (Å²) in [4.78, 5) is 0. The van der Waals surface area contributed by atoms with Gasteiger partial charge in [0.25, 0.3) is 0 Å². The van der Waals surface area contributed by atoms with Crippen molar-refractivity contribution in [3.05, 3.63) is 36.4 Å². The molecule has 0 aliphatic rings. The molecule has 0 amide bonds. The fourth-order valence-corrected chi connectivity index (χ4v) is 1.14. The highest BCUT2D eigenvalue weighted by Gasteiger charge is 2.01. The van der Waals surface area contributed by atoms with Crippen LogP contribution >= 0.6 is 0 Å². The average molecular weight is 205 g/mol. The molecule has 0 saturated carbocycles. The quantitative estimate of drug-likeness (QED) is 0.735. The first-order valence-electron chi connectivity index (χ1n) is 5.00. The summed E-state index contributed by atoms with van der Waals surface area (Å²) in [5, 5.41) is 0. The first kappa shape index (κ1) is 11.6. The Morgan fingerprint density at radius 2 is 1.93 bits per heavy atom. The highest BCUT2D eigenvalue weighted by molar-refractivity contribution is 5.40. The normalized spacial score (nSPS) is 10.1. The van der Waals surface area contributed by atoms with Crippen LogP contribution < -0.4 is 9.47 Å². The Kier molecular flexibility index (Phi) is 4.22. The SMILES string of the molecule is C=[C]c1cc(OC)cc(OCC(C)C)c1. The monoisotopic (exact) mass is 205 g/mol. The topological polar surface area (TPSA) is 18.5 Å². The predicted molar refractivity (Wildman–Crippen MR) is 61.3 cm³/mol. The van der Waals surface area contributed by atoms with Crippen molar-refractivity contribution < 1.29 is 9.47 Å². The lowest BCUT2D eigenvalue weighted by Gasteiger charge is -2.10. The molecule has 0 atom stereocenters. The Balaban J connectivity index is 2.82. The first-order chi connectivity index (χ1) is 7.15. The second kappa shape index (κ2) is 5.44. The van der Waals surface area contributed by atoms with Crippen LogP contribution in [-0.4, -0.2) is 13.7 Å². The van der Waals surface area contributed by atoms with Gasteiger partial charge in [-0.3, -0.25) is 0 Å². The van der Waals surface area contributed by atoms with Crippen molar-refractivity contribution in [1.82, 2.24) is 0 Å². The van der Waals surface area contributed by atoms with Crippen LogP contribution in [0.1, 0.15) is 19.4 Å². The summed E-state index contributed by atoms with van der Waals surface area (Å²) in [5.41, 5.74) is 0.883. The molecule has 2 heteroatoms. The van der Waals surface area contributed by atoms with Crippen LogP contribution in [0.25, 0.3) is 0 Å². The Labute approximate surface area is 91.5 Å². The molecule has 0 N–H and O–H groups in total. The van der Waals surface area contributed by atoms with Crippen molar-refractivity contribution >= 4 is 0 Å². The van der Waals surface area contributed by atoms with E-state index < -0.39 is 0 Å². The summed E-state index contributed by atoms with van der Waals surface area (Å²) in [7, 11) is 1.63. The van der Waals surface area contributed by atoms with Crippen molar-refractivity contribution in [3.8, 4) is 11.5 Å². The molecule has 0 aromatic heterocycles. The van der Waals surface area contributed by atoms with Crippen molar-refractivity contribution in [3.63, 3.8) is 0 Å². The van der Waals surface area contributed by atoms with E-state index in [2.05, 4.69) is 26.5 Å².